The number of nitro benzene ring substituents is 3. The maximum atomic E-state index is 10.9. The van der Waals surface area contributed by atoms with E-state index in [1.54, 1.807) is 6.92 Å². The number of rotatable bonds is 4. The van der Waals surface area contributed by atoms with Crippen molar-refractivity contribution in [3.63, 3.8) is 0 Å². The first kappa shape index (κ1) is 19.3. The molecule has 0 aliphatic heterocycles. The first-order valence-electron chi connectivity index (χ1n) is 5.17. The molecule has 1 aromatic rings. The fraction of sp³-hybridized carbons (Fsp3) is 0.250. The molecular formula is C8H9N3O10S. The third kappa shape index (κ3) is 4.40. The molecule has 13 nitrogen and oxygen atoms in total. The first-order valence-corrected chi connectivity index (χ1v) is 6.61. The summed E-state index contributed by atoms with van der Waals surface area (Å²) in [6.45, 7) is 1.93. The first-order chi connectivity index (χ1) is 9.98. The van der Waals surface area contributed by atoms with Crippen molar-refractivity contribution in [2.24, 2.45) is 0 Å². The minimum Gasteiger partial charge on any atom is -0.397 e. The van der Waals surface area contributed by atoms with Crippen molar-refractivity contribution in [3.8, 4) is 0 Å². The highest BCUT2D eigenvalue weighted by Gasteiger charge is 2.42. The Bertz CT molecular complexity index is 713. The molecule has 0 fully saturated rings. The molecule has 0 bridgehead atoms. The molecule has 14 heteroatoms. The van der Waals surface area contributed by atoms with Crippen LogP contribution in [0, 0.1) is 30.3 Å². The summed E-state index contributed by atoms with van der Waals surface area (Å²) in [4.78, 5) is 26.2. The van der Waals surface area contributed by atoms with E-state index in [9.17, 15) is 38.8 Å². The molecule has 0 aliphatic rings. The smallest absolute Gasteiger partial charge is 0.397 e. The van der Waals surface area contributed by atoms with Gasteiger partial charge < -0.3 is 5.11 Å². The average molecular weight is 339 g/mol. The van der Waals surface area contributed by atoms with Crippen LogP contribution in [-0.2, 0) is 10.1 Å². The lowest BCUT2D eigenvalue weighted by molar-refractivity contribution is -0.442. The Kier molecular flexibility index (Phi) is 6.44. The Hall–Kier alpha value is -2.71. The largest absolute Gasteiger partial charge is 0.423 e. The molecule has 0 aliphatic carbocycles. The lowest BCUT2D eigenvalue weighted by Crippen LogP contribution is -2.08. The van der Waals surface area contributed by atoms with Gasteiger partial charge in [-0.15, -0.1) is 0 Å². The van der Waals surface area contributed by atoms with E-state index in [-0.39, 0.29) is 6.61 Å². The third-order valence-electron chi connectivity index (χ3n) is 1.93. The van der Waals surface area contributed by atoms with E-state index in [0.717, 1.165) is 0 Å². The standard InChI is InChI=1S/C6H3N3O9S.C2H6O/c10-7(11)3-1-2-4(19(16,17)18)6(9(14)15)5(3)8(12)13;1-2-3/h1-2H,(H,16,17,18);3H,2H2,1H3. The highest BCUT2D eigenvalue weighted by molar-refractivity contribution is 7.86. The summed E-state index contributed by atoms with van der Waals surface area (Å²) in [5.74, 6) is 0. The zero-order valence-corrected chi connectivity index (χ0v) is 11.6. The molecular weight excluding hydrogens is 330 g/mol. The number of hydrogen-bond donors (Lipinski definition) is 2. The van der Waals surface area contributed by atoms with Crippen molar-refractivity contribution < 1.29 is 32.8 Å². The number of benzene rings is 1. The Morgan fingerprint density at radius 1 is 1.00 bits per heavy atom. The van der Waals surface area contributed by atoms with Gasteiger partial charge in [-0.3, -0.25) is 34.9 Å². The highest BCUT2D eigenvalue weighted by Crippen LogP contribution is 2.40. The van der Waals surface area contributed by atoms with Crippen LogP contribution in [-0.4, -0.2) is 39.5 Å². The van der Waals surface area contributed by atoms with Crippen LogP contribution < -0.4 is 0 Å². The van der Waals surface area contributed by atoms with E-state index in [4.69, 9.17) is 9.66 Å². The van der Waals surface area contributed by atoms with E-state index in [0.29, 0.717) is 12.1 Å². The Morgan fingerprint density at radius 2 is 1.41 bits per heavy atom. The van der Waals surface area contributed by atoms with Crippen LogP contribution in [0.5, 0.6) is 0 Å². The normalized spacial score (nSPS) is 10.3. The van der Waals surface area contributed by atoms with Gasteiger partial charge in [-0.1, -0.05) is 0 Å². The van der Waals surface area contributed by atoms with Crippen LogP contribution in [0.4, 0.5) is 17.1 Å². The molecule has 0 atom stereocenters. The summed E-state index contributed by atoms with van der Waals surface area (Å²) in [6.07, 6.45) is 0. The van der Waals surface area contributed by atoms with Crippen LogP contribution in [0.1, 0.15) is 6.92 Å². The molecule has 1 rings (SSSR count). The van der Waals surface area contributed by atoms with Gasteiger partial charge in [0.15, 0.2) is 4.90 Å². The van der Waals surface area contributed by atoms with Gasteiger partial charge in [0.05, 0.1) is 14.8 Å². The summed E-state index contributed by atoms with van der Waals surface area (Å²) in [6, 6.07) is 0.729. The molecule has 0 amide bonds. The SMILES string of the molecule is CCO.O=[N+]([O-])c1ccc(S(=O)(=O)O)c([N+](=O)[O-])c1[N+](=O)[O-]. The molecule has 22 heavy (non-hydrogen) atoms. The second-order valence-corrected chi connectivity index (χ2v) is 4.73. The number of aliphatic hydroxyl groups excluding tert-OH is 1. The quantitative estimate of drug-likeness (QED) is 0.445. The Balaban J connectivity index is 0.00000135. The molecule has 122 valence electrons. The van der Waals surface area contributed by atoms with Gasteiger partial charge in [0, 0.05) is 12.7 Å². The second-order valence-electron chi connectivity index (χ2n) is 3.34. The topological polar surface area (TPSA) is 204 Å². The molecule has 0 unspecified atom stereocenters. The van der Waals surface area contributed by atoms with Crippen molar-refractivity contribution in [3.05, 3.63) is 42.5 Å². The number of hydrogen-bond acceptors (Lipinski definition) is 9. The number of nitro groups is 3. The third-order valence-corrected chi connectivity index (χ3v) is 2.82. The fourth-order valence-electron chi connectivity index (χ4n) is 1.26. The van der Waals surface area contributed by atoms with Crippen molar-refractivity contribution in [1.29, 1.82) is 0 Å². The monoisotopic (exact) mass is 339 g/mol. The van der Waals surface area contributed by atoms with Gasteiger partial charge in [0.25, 0.3) is 0 Å². The van der Waals surface area contributed by atoms with Gasteiger partial charge in [-0.25, -0.2) is 0 Å². The van der Waals surface area contributed by atoms with E-state index in [1.165, 1.54) is 0 Å². The summed E-state index contributed by atoms with van der Waals surface area (Å²) >= 11 is 0. The van der Waals surface area contributed by atoms with E-state index >= 15 is 0 Å². The number of aliphatic hydroxyl groups is 1. The summed E-state index contributed by atoms with van der Waals surface area (Å²) < 4.78 is 30.5. The Morgan fingerprint density at radius 3 is 1.68 bits per heavy atom. The second kappa shape index (κ2) is 7.34. The van der Waals surface area contributed by atoms with Crippen LogP contribution in [0.15, 0.2) is 17.0 Å². The Labute approximate surface area is 122 Å². The van der Waals surface area contributed by atoms with Crippen LogP contribution >= 0.6 is 0 Å². The average Bonchev–Trinajstić information content (AvgIpc) is 2.36. The lowest BCUT2D eigenvalue weighted by atomic mass is 10.2. The summed E-state index contributed by atoms with van der Waals surface area (Å²) in [5, 5.41) is 39.4. The van der Waals surface area contributed by atoms with E-state index in [1.807, 2.05) is 0 Å². The highest BCUT2D eigenvalue weighted by atomic mass is 32.2. The molecule has 0 heterocycles. The van der Waals surface area contributed by atoms with Crippen molar-refractivity contribution in [2.75, 3.05) is 6.61 Å². The molecule has 0 radical (unpaired) electrons. The number of nitrogens with zero attached hydrogens (tertiary/aromatic N) is 3. The minimum absolute atomic E-state index is 0.250. The predicted octanol–water partition coefficient (Wildman–Crippen LogP) is 0.656. The molecule has 2 N–H and O–H groups in total. The lowest BCUT2D eigenvalue weighted by Gasteiger charge is -2.01. The maximum absolute atomic E-state index is 10.9. The molecule has 0 spiro atoms. The maximum Gasteiger partial charge on any atom is 0.423 e. The van der Waals surface area contributed by atoms with Crippen molar-refractivity contribution in [2.45, 2.75) is 11.8 Å². The van der Waals surface area contributed by atoms with Gasteiger partial charge in [-0.05, 0) is 13.0 Å². The summed E-state index contributed by atoms with van der Waals surface area (Å²) in [5.41, 5.74) is -4.55. The van der Waals surface area contributed by atoms with Crippen molar-refractivity contribution in [1.82, 2.24) is 0 Å². The zero-order chi connectivity index (χ0) is 17.7. The van der Waals surface area contributed by atoms with Crippen LogP contribution in [0.2, 0.25) is 0 Å². The van der Waals surface area contributed by atoms with Crippen molar-refractivity contribution >= 4 is 27.2 Å². The molecule has 0 saturated heterocycles. The molecule has 0 saturated carbocycles. The van der Waals surface area contributed by atoms with E-state index in [2.05, 4.69) is 0 Å². The molecule has 1 aromatic carbocycles. The predicted molar refractivity (Wildman–Crippen MR) is 69.0 cm³/mol. The zero-order valence-electron chi connectivity index (χ0n) is 10.8. The fourth-order valence-corrected chi connectivity index (χ4v) is 1.92. The van der Waals surface area contributed by atoms with Crippen LogP contribution in [0.3, 0.4) is 0 Å². The summed E-state index contributed by atoms with van der Waals surface area (Å²) in [7, 11) is -5.15. The molecule has 0 aromatic heterocycles. The van der Waals surface area contributed by atoms with Gasteiger partial charge in [0.2, 0.25) is 0 Å². The van der Waals surface area contributed by atoms with Crippen LogP contribution in [0.25, 0.3) is 0 Å². The van der Waals surface area contributed by atoms with Gasteiger partial charge in [0.1, 0.15) is 0 Å². The van der Waals surface area contributed by atoms with E-state index < -0.39 is 46.8 Å². The van der Waals surface area contributed by atoms with Gasteiger partial charge >= 0.3 is 27.2 Å². The van der Waals surface area contributed by atoms with Gasteiger partial charge in [-0.2, -0.15) is 8.42 Å². The minimum atomic E-state index is -5.15.